The molecule has 0 aromatic heterocycles. The minimum atomic E-state index is -0.782. The molecule has 2 saturated heterocycles. The Morgan fingerprint density at radius 2 is 1.68 bits per heavy atom. The van der Waals surface area contributed by atoms with Crippen LogP contribution in [-0.2, 0) is 27.2 Å². The molecule has 3 aromatic rings. The van der Waals surface area contributed by atoms with Gasteiger partial charge in [-0.05, 0) is 65.8 Å². The lowest BCUT2D eigenvalue weighted by Crippen LogP contribution is -2.64. The van der Waals surface area contributed by atoms with E-state index in [2.05, 4.69) is 65.0 Å². The second kappa shape index (κ2) is 14.3. The Morgan fingerprint density at radius 1 is 0.955 bits per heavy atom. The molecule has 234 valence electrons. The van der Waals surface area contributed by atoms with Crippen LogP contribution < -0.4 is 16.0 Å². The number of carbonyl (C=O) groups is 3. The summed E-state index contributed by atoms with van der Waals surface area (Å²) in [5.74, 6) is -0.610. The molecule has 3 N–H and O–H groups in total. The van der Waals surface area contributed by atoms with Crippen LogP contribution in [0.4, 0.5) is 4.39 Å². The zero-order valence-electron chi connectivity index (χ0n) is 25.9. The number of likely N-dealkylation sites (N-methyl/N-ethyl adjacent to an activating group) is 1. The van der Waals surface area contributed by atoms with Gasteiger partial charge in [0.1, 0.15) is 11.9 Å². The Labute approximate surface area is 259 Å². The number of rotatable bonds is 10. The average molecular weight is 602 g/mol. The van der Waals surface area contributed by atoms with Crippen LogP contribution in [0.15, 0.2) is 66.7 Å². The van der Waals surface area contributed by atoms with Gasteiger partial charge in [0.2, 0.25) is 17.7 Å². The van der Waals surface area contributed by atoms with Crippen LogP contribution in [0.2, 0.25) is 0 Å². The number of nitrogens with one attached hydrogen (secondary N) is 3. The van der Waals surface area contributed by atoms with Gasteiger partial charge in [0, 0.05) is 39.1 Å². The molecule has 2 aliphatic rings. The minimum Gasteiger partial charge on any atom is -0.358 e. The third-order valence-corrected chi connectivity index (χ3v) is 9.08. The largest absolute Gasteiger partial charge is 0.358 e. The minimum absolute atomic E-state index is 0.0500. The van der Waals surface area contributed by atoms with Crippen LogP contribution in [0, 0.1) is 11.7 Å². The smallest absolute Gasteiger partial charge is 0.245 e. The molecule has 0 aliphatic carbocycles. The van der Waals surface area contributed by atoms with E-state index in [1.54, 1.807) is 19.2 Å². The number of fused-ring (bicyclic) bond motifs is 1. The van der Waals surface area contributed by atoms with Crippen LogP contribution in [0.25, 0.3) is 10.8 Å². The molecule has 0 bridgehead atoms. The Bertz CT molecular complexity index is 1460. The van der Waals surface area contributed by atoms with Crippen molar-refractivity contribution in [1.29, 1.82) is 0 Å². The first-order valence-corrected chi connectivity index (χ1v) is 15.8. The predicted molar refractivity (Wildman–Crippen MR) is 170 cm³/mol. The summed E-state index contributed by atoms with van der Waals surface area (Å²) in [5.41, 5.74) is 1.86. The summed E-state index contributed by atoms with van der Waals surface area (Å²) >= 11 is 0. The van der Waals surface area contributed by atoms with E-state index in [1.165, 1.54) is 12.1 Å². The summed E-state index contributed by atoms with van der Waals surface area (Å²) in [6.07, 6.45) is 2.47. The lowest BCUT2D eigenvalue weighted by atomic mass is 9.94. The van der Waals surface area contributed by atoms with E-state index in [0.717, 1.165) is 41.3 Å². The average Bonchev–Trinajstić information content (AvgIpc) is 3.59. The normalized spacial score (nSPS) is 20.4. The molecule has 0 spiro atoms. The highest BCUT2D eigenvalue weighted by atomic mass is 19.1. The molecular formula is C35H44FN5O3. The fourth-order valence-corrected chi connectivity index (χ4v) is 6.54. The highest BCUT2D eigenvalue weighted by Gasteiger charge is 2.40. The molecule has 3 amide bonds. The van der Waals surface area contributed by atoms with Gasteiger partial charge < -0.3 is 20.9 Å². The van der Waals surface area contributed by atoms with E-state index < -0.39 is 6.04 Å². The quantitative estimate of drug-likeness (QED) is 0.332. The molecule has 9 heteroatoms. The van der Waals surface area contributed by atoms with Gasteiger partial charge in [0.25, 0.3) is 0 Å². The van der Waals surface area contributed by atoms with E-state index in [9.17, 15) is 18.8 Å². The number of hydrogen-bond donors (Lipinski definition) is 3. The van der Waals surface area contributed by atoms with Crippen molar-refractivity contribution in [2.75, 3.05) is 33.2 Å². The summed E-state index contributed by atoms with van der Waals surface area (Å²) in [5, 5.41) is 11.4. The summed E-state index contributed by atoms with van der Waals surface area (Å²) in [4.78, 5) is 44.7. The first kappa shape index (κ1) is 31.6. The van der Waals surface area contributed by atoms with Crippen LogP contribution in [0.5, 0.6) is 0 Å². The van der Waals surface area contributed by atoms with Crippen molar-refractivity contribution in [3.8, 4) is 0 Å². The first-order valence-electron chi connectivity index (χ1n) is 15.8. The number of carbonyl (C=O) groups excluding carboxylic acids is 3. The lowest BCUT2D eigenvalue weighted by Gasteiger charge is -2.46. The van der Waals surface area contributed by atoms with Crippen LogP contribution in [0.1, 0.15) is 37.8 Å². The molecule has 2 fully saturated rings. The molecule has 2 aliphatic heterocycles. The van der Waals surface area contributed by atoms with Gasteiger partial charge in [0.15, 0.2) is 0 Å². The maximum Gasteiger partial charge on any atom is 0.245 e. The number of nitrogens with zero attached hydrogens (tertiary/aromatic N) is 2. The number of benzene rings is 3. The number of piperazine rings is 1. The lowest BCUT2D eigenvalue weighted by molar-refractivity contribution is -0.143. The second-order valence-electron chi connectivity index (χ2n) is 12.4. The third-order valence-electron chi connectivity index (χ3n) is 9.08. The Balaban J connectivity index is 1.35. The standard InChI is InChI=1S/C35H44FN5O3/c1-23(2)32-22-40(31(34(43)37-3)21-25-10-13-26-7-4-5-8-27(26)19-25)17-18-41(32)35(44)30(20-24-11-14-28(36)15-12-24)39-33(42)29-9-6-16-38-29/h4-5,7-8,10-15,19,23,29-32,38H,6,9,16-18,20-22H2,1-3H3,(H,37,43)(H,39,42). The highest BCUT2D eigenvalue weighted by molar-refractivity contribution is 5.90. The Hall–Kier alpha value is -3.82. The molecule has 0 saturated carbocycles. The van der Waals surface area contributed by atoms with Gasteiger partial charge in [-0.3, -0.25) is 19.3 Å². The summed E-state index contributed by atoms with van der Waals surface area (Å²) in [7, 11) is 1.66. The number of hydrogen-bond acceptors (Lipinski definition) is 5. The SMILES string of the molecule is CNC(=O)C(Cc1ccc2ccccc2c1)N1CCN(C(=O)C(Cc2ccc(F)cc2)NC(=O)C2CCCN2)C(C(C)C)C1. The van der Waals surface area contributed by atoms with Crippen molar-refractivity contribution in [2.45, 2.75) is 63.7 Å². The van der Waals surface area contributed by atoms with E-state index in [0.29, 0.717) is 26.1 Å². The van der Waals surface area contributed by atoms with Crippen LogP contribution in [-0.4, -0.2) is 84.9 Å². The molecule has 4 atom stereocenters. The zero-order chi connectivity index (χ0) is 31.2. The monoisotopic (exact) mass is 601 g/mol. The van der Waals surface area contributed by atoms with E-state index in [-0.39, 0.29) is 54.0 Å². The molecular weight excluding hydrogens is 557 g/mol. The third kappa shape index (κ3) is 7.45. The molecule has 4 unspecified atom stereocenters. The molecule has 0 radical (unpaired) electrons. The first-order chi connectivity index (χ1) is 21.2. The van der Waals surface area contributed by atoms with E-state index in [4.69, 9.17) is 0 Å². The number of amides is 3. The number of halogens is 1. The van der Waals surface area contributed by atoms with Crippen molar-refractivity contribution >= 4 is 28.5 Å². The van der Waals surface area contributed by atoms with E-state index in [1.807, 2.05) is 17.0 Å². The maximum atomic E-state index is 14.2. The molecule has 8 nitrogen and oxygen atoms in total. The van der Waals surface area contributed by atoms with Crippen LogP contribution in [0.3, 0.4) is 0 Å². The van der Waals surface area contributed by atoms with Gasteiger partial charge in [-0.15, -0.1) is 0 Å². The highest BCUT2D eigenvalue weighted by Crippen LogP contribution is 2.24. The van der Waals surface area contributed by atoms with Crippen molar-refractivity contribution < 1.29 is 18.8 Å². The fraction of sp³-hybridized carbons (Fsp3) is 0.457. The topological polar surface area (TPSA) is 93.8 Å². The van der Waals surface area contributed by atoms with E-state index >= 15 is 0 Å². The van der Waals surface area contributed by atoms with Crippen molar-refractivity contribution in [3.05, 3.63) is 83.7 Å². The van der Waals surface area contributed by atoms with Gasteiger partial charge in [0.05, 0.1) is 12.1 Å². The maximum absolute atomic E-state index is 14.2. The fourth-order valence-electron chi connectivity index (χ4n) is 6.54. The summed E-state index contributed by atoms with van der Waals surface area (Å²) in [6, 6.07) is 18.9. The molecule has 3 aromatic carbocycles. The summed E-state index contributed by atoms with van der Waals surface area (Å²) < 4.78 is 13.6. The van der Waals surface area contributed by atoms with Crippen molar-refractivity contribution in [3.63, 3.8) is 0 Å². The van der Waals surface area contributed by atoms with Crippen molar-refractivity contribution in [1.82, 2.24) is 25.8 Å². The predicted octanol–water partition coefficient (Wildman–Crippen LogP) is 3.28. The molecule has 44 heavy (non-hydrogen) atoms. The Kier molecular flexibility index (Phi) is 10.3. The zero-order valence-corrected chi connectivity index (χ0v) is 25.9. The summed E-state index contributed by atoms with van der Waals surface area (Å²) in [6.45, 7) is 6.45. The molecule has 2 heterocycles. The van der Waals surface area contributed by atoms with Gasteiger partial charge in [-0.2, -0.15) is 0 Å². The van der Waals surface area contributed by atoms with Gasteiger partial charge in [-0.25, -0.2) is 4.39 Å². The molecule has 5 rings (SSSR count). The van der Waals surface area contributed by atoms with Gasteiger partial charge in [-0.1, -0.05) is 68.4 Å². The van der Waals surface area contributed by atoms with Crippen molar-refractivity contribution in [2.24, 2.45) is 5.92 Å². The van der Waals surface area contributed by atoms with Crippen LogP contribution >= 0.6 is 0 Å². The second-order valence-corrected chi connectivity index (χ2v) is 12.4. The van der Waals surface area contributed by atoms with Gasteiger partial charge >= 0.3 is 0 Å². The Morgan fingerprint density at radius 3 is 2.36 bits per heavy atom.